The lowest BCUT2D eigenvalue weighted by molar-refractivity contribution is -0.114. The molecular formula is C23H22ClFN2O4S. The summed E-state index contributed by atoms with van der Waals surface area (Å²) in [4.78, 5) is 12.7. The number of nitrogens with one attached hydrogen (secondary N) is 1. The summed E-state index contributed by atoms with van der Waals surface area (Å²) in [7, 11) is -2.80. The molecule has 1 N–H and O–H groups in total. The molecule has 0 saturated heterocycles. The summed E-state index contributed by atoms with van der Waals surface area (Å²) in [6.45, 7) is 3.07. The number of sulfonamides is 1. The molecule has 9 heteroatoms. The summed E-state index contributed by atoms with van der Waals surface area (Å²) in [5.74, 6) is -1.08. The van der Waals surface area contributed by atoms with Gasteiger partial charge in [0.1, 0.15) is 23.0 Å². The van der Waals surface area contributed by atoms with Crippen LogP contribution in [-0.4, -0.2) is 28.0 Å². The summed E-state index contributed by atoms with van der Waals surface area (Å²) >= 11 is 5.77. The fourth-order valence-electron chi connectivity index (χ4n) is 3.11. The minimum atomic E-state index is -4.18. The minimum Gasteiger partial charge on any atom is -0.495 e. The van der Waals surface area contributed by atoms with Crippen LogP contribution in [0.2, 0.25) is 5.02 Å². The number of hydrogen-bond donors (Lipinski definition) is 1. The number of benzene rings is 3. The number of aryl methyl sites for hydroxylation is 2. The number of halogens is 2. The SMILES string of the molecule is COc1ccc(C)cc1S(=O)(=O)N(CC(=O)Nc1ccc(F)c(Cl)c1)c1cccc(C)c1. The van der Waals surface area contributed by atoms with E-state index < -0.39 is 28.3 Å². The Morgan fingerprint density at radius 2 is 1.78 bits per heavy atom. The van der Waals surface area contributed by atoms with Crippen molar-refractivity contribution >= 4 is 38.9 Å². The van der Waals surface area contributed by atoms with Gasteiger partial charge in [0.2, 0.25) is 5.91 Å². The van der Waals surface area contributed by atoms with E-state index in [1.54, 1.807) is 37.3 Å². The Kier molecular flexibility index (Phi) is 7.06. The van der Waals surface area contributed by atoms with Gasteiger partial charge in [0.25, 0.3) is 10.0 Å². The second-order valence-electron chi connectivity index (χ2n) is 7.18. The molecule has 0 aromatic heterocycles. The lowest BCUT2D eigenvalue weighted by Gasteiger charge is -2.25. The molecule has 0 unspecified atom stereocenters. The van der Waals surface area contributed by atoms with Crippen LogP contribution in [0.25, 0.3) is 0 Å². The average molecular weight is 477 g/mol. The maximum absolute atomic E-state index is 13.7. The lowest BCUT2D eigenvalue weighted by atomic mass is 10.2. The maximum Gasteiger partial charge on any atom is 0.268 e. The zero-order chi connectivity index (χ0) is 23.5. The first-order chi connectivity index (χ1) is 15.1. The van der Waals surface area contributed by atoms with Crippen LogP contribution < -0.4 is 14.4 Å². The van der Waals surface area contributed by atoms with Gasteiger partial charge in [0.05, 0.1) is 17.8 Å². The molecule has 32 heavy (non-hydrogen) atoms. The summed E-state index contributed by atoms with van der Waals surface area (Å²) in [5.41, 5.74) is 2.11. The topological polar surface area (TPSA) is 75.7 Å². The number of anilines is 2. The van der Waals surface area contributed by atoms with Crippen LogP contribution in [0.15, 0.2) is 65.6 Å². The Balaban J connectivity index is 2.02. The van der Waals surface area contributed by atoms with Gasteiger partial charge in [-0.1, -0.05) is 29.8 Å². The van der Waals surface area contributed by atoms with Gasteiger partial charge in [0.15, 0.2) is 0 Å². The first-order valence-corrected chi connectivity index (χ1v) is 11.4. The number of rotatable bonds is 7. The van der Waals surface area contributed by atoms with Crippen molar-refractivity contribution in [3.05, 3.63) is 82.6 Å². The second-order valence-corrected chi connectivity index (χ2v) is 9.42. The molecule has 0 saturated carbocycles. The highest BCUT2D eigenvalue weighted by Gasteiger charge is 2.30. The molecule has 1 amide bonds. The fourth-order valence-corrected chi connectivity index (χ4v) is 4.94. The van der Waals surface area contributed by atoms with E-state index in [1.165, 1.54) is 25.3 Å². The summed E-state index contributed by atoms with van der Waals surface area (Å²) in [6, 6.07) is 15.3. The minimum absolute atomic E-state index is 0.0564. The van der Waals surface area contributed by atoms with Gasteiger partial charge in [-0.2, -0.15) is 0 Å². The Morgan fingerprint density at radius 1 is 1.06 bits per heavy atom. The molecule has 3 aromatic rings. The van der Waals surface area contributed by atoms with Crippen LogP contribution in [0.3, 0.4) is 0 Å². The van der Waals surface area contributed by atoms with Crippen LogP contribution >= 0.6 is 11.6 Å². The molecule has 0 fully saturated rings. The third-order valence-electron chi connectivity index (χ3n) is 4.67. The van der Waals surface area contributed by atoms with Crippen LogP contribution in [-0.2, 0) is 14.8 Å². The molecule has 0 heterocycles. The normalized spacial score (nSPS) is 11.2. The van der Waals surface area contributed by atoms with Crippen LogP contribution in [0.1, 0.15) is 11.1 Å². The molecule has 3 aromatic carbocycles. The highest BCUT2D eigenvalue weighted by molar-refractivity contribution is 7.93. The third-order valence-corrected chi connectivity index (χ3v) is 6.75. The molecule has 3 rings (SSSR count). The van der Waals surface area contributed by atoms with Crippen molar-refractivity contribution in [3.63, 3.8) is 0 Å². The van der Waals surface area contributed by atoms with E-state index in [4.69, 9.17) is 16.3 Å². The predicted molar refractivity (Wildman–Crippen MR) is 123 cm³/mol. The van der Waals surface area contributed by atoms with Gasteiger partial charge in [-0.05, 0) is 67.4 Å². The predicted octanol–water partition coefficient (Wildman–Crippen LogP) is 4.94. The molecule has 0 bridgehead atoms. The van der Waals surface area contributed by atoms with E-state index in [0.29, 0.717) is 5.69 Å². The number of methoxy groups -OCH3 is 1. The van der Waals surface area contributed by atoms with Crippen molar-refractivity contribution in [2.24, 2.45) is 0 Å². The molecule has 6 nitrogen and oxygen atoms in total. The number of carbonyl (C=O) groups excluding carboxylic acids is 1. The van der Waals surface area contributed by atoms with Crippen molar-refractivity contribution in [1.29, 1.82) is 0 Å². The monoisotopic (exact) mass is 476 g/mol. The molecule has 0 aliphatic heterocycles. The van der Waals surface area contributed by atoms with Crippen molar-refractivity contribution < 1.29 is 22.3 Å². The molecule has 0 atom stereocenters. The number of ether oxygens (including phenoxy) is 1. The third kappa shape index (κ3) is 5.20. The van der Waals surface area contributed by atoms with Crippen molar-refractivity contribution in [2.75, 3.05) is 23.3 Å². The first kappa shape index (κ1) is 23.6. The van der Waals surface area contributed by atoms with Gasteiger partial charge >= 0.3 is 0 Å². The van der Waals surface area contributed by atoms with Gasteiger partial charge < -0.3 is 10.1 Å². The van der Waals surface area contributed by atoms with Crippen molar-refractivity contribution in [2.45, 2.75) is 18.7 Å². The summed E-state index contributed by atoms with van der Waals surface area (Å²) in [6.07, 6.45) is 0. The number of carbonyl (C=O) groups is 1. The van der Waals surface area contributed by atoms with Crippen LogP contribution in [0.5, 0.6) is 5.75 Å². The molecule has 168 valence electrons. The molecule has 0 aliphatic rings. The Morgan fingerprint density at radius 3 is 2.44 bits per heavy atom. The lowest BCUT2D eigenvalue weighted by Crippen LogP contribution is -2.38. The largest absolute Gasteiger partial charge is 0.495 e. The maximum atomic E-state index is 13.7. The van der Waals surface area contributed by atoms with E-state index in [1.807, 2.05) is 13.0 Å². The molecule has 0 spiro atoms. The number of amides is 1. The second kappa shape index (κ2) is 9.58. The van der Waals surface area contributed by atoms with Gasteiger partial charge in [-0.15, -0.1) is 0 Å². The van der Waals surface area contributed by atoms with E-state index in [9.17, 15) is 17.6 Å². The molecular weight excluding hydrogens is 455 g/mol. The zero-order valence-electron chi connectivity index (χ0n) is 17.7. The van der Waals surface area contributed by atoms with Gasteiger partial charge in [-0.3, -0.25) is 9.10 Å². The van der Waals surface area contributed by atoms with Crippen LogP contribution in [0, 0.1) is 19.7 Å². The van der Waals surface area contributed by atoms with Gasteiger partial charge in [-0.25, -0.2) is 12.8 Å². The smallest absolute Gasteiger partial charge is 0.268 e. The number of hydrogen-bond acceptors (Lipinski definition) is 4. The summed E-state index contributed by atoms with van der Waals surface area (Å²) < 4.78 is 47.0. The van der Waals surface area contributed by atoms with E-state index in [0.717, 1.165) is 21.5 Å². The molecule has 0 radical (unpaired) electrons. The van der Waals surface area contributed by atoms with E-state index >= 15 is 0 Å². The number of nitrogens with zero attached hydrogens (tertiary/aromatic N) is 1. The highest BCUT2D eigenvalue weighted by Crippen LogP contribution is 2.31. The van der Waals surface area contributed by atoms with E-state index in [2.05, 4.69) is 5.32 Å². The first-order valence-electron chi connectivity index (χ1n) is 9.61. The zero-order valence-corrected chi connectivity index (χ0v) is 19.3. The van der Waals surface area contributed by atoms with Crippen molar-refractivity contribution in [1.82, 2.24) is 0 Å². The quantitative estimate of drug-likeness (QED) is 0.524. The Bertz CT molecular complexity index is 1260. The fraction of sp³-hybridized carbons (Fsp3) is 0.174. The Labute approximate surface area is 191 Å². The average Bonchev–Trinajstić information content (AvgIpc) is 2.74. The highest BCUT2D eigenvalue weighted by atomic mass is 35.5. The van der Waals surface area contributed by atoms with Crippen LogP contribution in [0.4, 0.5) is 15.8 Å². The van der Waals surface area contributed by atoms with E-state index in [-0.39, 0.29) is 21.4 Å². The van der Waals surface area contributed by atoms with Crippen molar-refractivity contribution in [3.8, 4) is 5.75 Å². The Hall–Kier alpha value is -3.10. The summed E-state index contributed by atoms with van der Waals surface area (Å²) in [5, 5.41) is 2.40. The molecule has 0 aliphatic carbocycles. The van der Waals surface area contributed by atoms with Gasteiger partial charge in [0, 0.05) is 5.69 Å². The standard InChI is InChI=1S/C23H22ClFN2O4S/c1-15-5-4-6-18(11-15)27(14-23(28)26-17-8-9-20(25)19(24)13-17)32(29,30)22-12-16(2)7-10-21(22)31-3/h4-13H,14H2,1-3H3,(H,26,28).